The normalized spacial score (nSPS) is 20.8. The molecule has 3 rings (SSSR count). The van der Waals surface area contributed by atoms with Crippen LogP contribution in [0, 0.1) is 0 Å². The van der Waals surface area contributed by atoms with Gasteiger partial charge in [-0.3, -0.25) is 4.79 Å². The molecule has 0 radical (unpaired) electrons. The van der Waals surface area contributed by atoms with Crippen molar-refractivity contribution in [2.24, 2.45) is 0 Å². The third-order valence-corrected chi connectivity index (χ3v) is 3.96. The minimum absolute atomic E-state index is 0.0226. The molecule has 0 aliphatic carbocycles. The van der Waals surface area contributed by atoms with Crippen LogP contribution in [0.2, 0.25) is 0 Å². The van der Waals surface area contributed by atoms with E-state index < -0.39 is 0 Å². The molecule has 1 saturated heterocycles. The zero-order chi connectivity index (χ0) is 12.6. The Balaban J connectivity index is 1.92. The number of carbonyl (C=O) groups excluding carboxylic acids is 1. The Morgan fingerprint density at radius 3 is 2.83 bits per heavy atom. The Kier molecular flexibility index (Phi) is 2.84. The molecule has 0 atom stereocenters. The van der Waals surface area contributed by atoms with E-state index in [4.69, 9.17) is 4.74 Å². The number of aliphatic hydroxyl groups excluding tert-OH is 1. The fourth-order valence-corrected chi connectivity index (χ4v) is 2.73. The van der Waals surface area contributed by atoms with Crippen LogP contribution in [-0.4, -0.2) is 30.8 Å². The topological polar surface area (TPSA) is 58.6 Å². The number of rotatable bonds is 3. The minimum atomic E-state index is -0.0226. The molecule has 0 aromatic heterocycles. The molecule has 1 fully saturated rings. The molecule has 0 unspecified atom stereocenters. The van der Waals surface area contributed by atoms with E-state index in [-0.39, 0.29) is 17.9 Å². The Labute approximate surface area is 106 Å². The molecular formula is C14H17NO3. The van der Waals surface area contributed by atoms with Gasteiger partial charge >= 0.3 is 0 Å². The van der Waals surface area contributed by atoms with Crippen molar-refractivity contribution < 1.29 is 14.6 Å². The van der Waals surface area contributed by atoms with Gasteiger partial charge in [-0.1, -0.05) is 12.1 Å². The molecule has 0 spiro atoms. The van der Waals surface area contributed by atoms with Gasteiger partial charge in [-0.25, -0.2) is 0 Å². The van der Waals surface area contributed by atoms with Crippen molar-refractivity contribution in [1.29, 1.82) is 0 Å². The molecule has 2 heterocycles. The highest BCUT2D eigenvalue weighted by atomic mass is 16.5. The molecule has 0 bridgehead atoms. The molecule has 2 N–H and O–H groups in total. The van der Waals surface area contributed by atoms with Gasteiger partial charge in [0.2, 0.25) is 5.91 Å². The van der Waals surface area contributed by atoms with Gasteiger partial charge in [-0.15, -0.1) is 0 Å². The van der Waals surface area contributed by atoms with Crippen molar-refractivity contribution in [3.63, 3.8) is 0 Å². The van der Waals surface area contributed by atoms with Crippen LogP contribution in [0.4, 0.5) is 5.69 Å². The molecule has 96 valence electrons. The van der Waals surface area contributed by atoms with Crippen LogP contribution in [0.1, 0.15) is 24.0 Å². The van der Waals surface area contributed by atoms with E-state index >= 15 is 0 Å². The van der Waals surface area contributed by atoms with Gasteiger partial charge in [0.1, 0.15) is 0 Å². The van der Waals surface area contributed by atoms with E-state index in [1.54, 1.807) is 0 Å². The zero-order valence-corrected chi connectivity index (χ0v) is 10.2. The van der Waals surface area contributed by atoms with Gasteiger partial charge in [0.25, 0.3) is 0 Å². The number of amides is 1. The number of hydrogen-bond donors (Lipinski definition) is 2. The number of aryl methyl sites for hydroxylation is 1. The van der Waals surface area contributed by atoms with Gasteiger partial charge in [-0.2, -0.15) is 0 Å². The highest BCUT2D eigenvalue weighted by Gasteiger charge is 2.40. The van der Waals surface area contributed by atoms with Crippen LogP contribution in [0.15, 0.2) is 18.2 Å². The van der Waals surface area contributed by atoms with Gasteiger partial charge in [0, 0.05) is 24.1 Å². The van der Waals surface area contributed by atoms with Crippen molar-refractivity contribution in [1.82, 2.24) is 0 Å². The lowest BCUT2D eigenvalue weighted by Crippen LogP contribution is -2.47. The first-order valence-electron chi connectivity index (χ1n) is 6.35. The van der Waals surface area contributed by atoms with E-state index in [2.05, 4.69) is 11.4 Å². The fraction of sp³-hybridized carbons (Fsp3) is 0.500. The third kappa shape index (κ3) is 1.82. The predicted octanol–water partition coefficient (Wildman–Crippen LogP) is 1.22. The number of anilines is 1. The summed E-state index contributed by atoms with van der Waals surface area (Å²) in [6.07, 6.45) is 2.09. The summed E-state index contributed by atoms with van der Waals surface area (Å²) < 4.78 is 5.33. The van der Waals surface area contributed by atoms with E-state index in [0.29, 0.717) is 19.6 Å². The van der Waals surface area contributed by atoms with Crippen LogP contribution < -0.4 is 5.32 Å². The zero-order valence-electron chi connectivity index (χ0n) is 10.2. The van der Waals surface area contributed by atoms with Crippen molar-refractivity contribution >= 4 is 11.6 Å². The summed E-state index contributed by atoms with van der Waals surface area (Å²) in [6, 6.07) is 6.18. The summed E-state index contributed by atoms with van der Waals surface area (Å²) in [5.41, 5.74) is 3.31. The average Bonchev–Trinajstić information content (AvgIpc) is 2.33. The van der Waals surface area contributed by atoms with E-state index in [0.717, 1.165) is 18.5 Å². The second-order valence-electron chi connectivity index (χ2n) is 5.17. The first-order chi connectivity index (χ1) is 8.73. The highest BCUT2D eigenvalue weighted by Crippen LogP contribution is 2.37. The molecule has 1 amide bonds. The number of benzene rings is 1. The molecule has 4 heteroatoms. The summed E-state index contributed by atoms with van der Waals surface area (Å²) in [4.78, 5) is 11.3. The number of nitrogens with one attached hydrogen (secondary N) is 1. The quantitative estimate of drug-likeness (QED) is 0.844. The summed E-state index contributed by atoms with van der Waals surface area (Å²) in [7, 11) is 0. The Bertz CT molecular complexity index is 480. The number of ether oxygens (including phenoxy) is 1. The van der Waals surface area contributed by atoms with Crippen molar-refractivity contribution in [3.8, 4) is 0 Å². The van der Waals surface area contributed by atoms with E-state index in [1.165, 1.54) is 11.1 Å². The SMILES string of the molecule is O=C1CCc2cc(C3(CCO)COC3)ccc2N1. The Morgan fingerprint density at radius 1 is 1.33 bits per heavy atom. The van der Waals surface area contributed by atoms with Crippen LogP contribution in [0.5, 0.6) is 0 Å². The first-order valence-corrected chi connectivity index (χ1v) is 6.35. The maximum absolute atomic E-state index is 11.3. The van der Waals surface area contributed by atoms with Crippen LogP contribution >= 0.6 is 0 Å². The monoisotopic (exact) mass is 247 g/mol. The lowest BCUT2D eigenvalue weighted by molar-refractivity contribution is -0.116. The summed E-state index contributed by atoms with van der Waals surface area (Å²) in [5.74, 6) is 0.0901. The molecule has 4 nitrogen and oxygen atoms in total. The minimum Gasteiger partial charge on any atom is -0.396 e. The van der Waals surface area contributed by atoms with Crippen molar-refractivity contribution in [2.45, 2.75) is 24.7 Å². The Hall–Kier alpha value is -1.39. The van der Waals surface area contributed by atoms with Gasteiger partial charge in [0.15, 0.2) is 0 Å². The van der Waals surface area contributed by atoms with E-state index in [9.17, 15) is 9.90 Å². The molecule has 0 saturated carbocycles. The predicted molar refractivity (Wildman–Crippen MR) is 67.6 cm³/mol. The molecule has 1 aromatic carbocycles. The van der Waals surface area contributed by atoms with Crippen molar-refractivity contribution in [2.75, 3.05) is 25.1 Å². The maximum atomic E-state index is 11.3. The Morgan fingerprint density at radius 2 is 2.17 bits per heavy atom. The molecule has 18 heavy (non-hydrogen) atoms. The van der Waals surface area contributed by atoms with Gasteiger partial charge < -0.3 is 15.2 Å². The van der Waals surface area contributed by atoms with Crippen LogP contribution in [-0.2, 0) is 21.4 Å². The molecule has 2 aliphatic heterocycles. The number of aliphatic hydroxyl groups is 1. The standard InChI is InChI=1S/C14H17NO3/c16-6-5-14(8-18-9-14)11-2-3-12-10(7-11)1-4-13(17)15-12/h2-3,7,16H,1,4-6,8-9H2,(H,15,17). The molecular weight excluding hydrogens is 230 g/mol. The lowest BCUT2D eigenvalue weighted by Gasteiger charge is -2.42. The smallest absolute Gasteiger partial charge is 0.224 e. The number of carbonyl (C=O) groups is 1. The van der Waals surface area contributed by atoms with Crippen LogP contribution in [0.25, 0.3) is 0 Å². The highest BCUT2D eigenvalue weighted by molar-refractivity contribution is 5.93. The van der Waals surface area contributed by atoms with E-state index in [1.807, 2.05) is 12.1 Å². The maximum Gasteiger partial charge on any atom is 0.224 e. The summed E-state index contributed by atoms with van der Waals surface area (Å²) >= 11 is 0. The van der Waals surface area contributed by atoms with Crippen LogP contribution in [0.3, 0.4) is 0 Å². The lowest BCUT2D eigenvalue weighted by atomic mass is 9.75. The average molecular weight is 247 g/mol. The summed E-state index contributed by atoms with van der Waals surface area (Å²) in [6.45, 7) is 1.54. The third-order valence-electron chi connectivity index (χ3n) is 3.96. The molecule has 2 aliphatic rings. The summed E-state index contributed by atoms with van der Waals surface area (Å²) in [5, 5.41) is 12.1. The number of fused-ring (bicyclic) bond motifs is 1. The fourth-order valence-electron chi connectivity index (χ4n) is 2.73. The molecule has 1 aromatic rings. The van der Waals surface area contributed by atoms with Gasteiger partial charge in [-0.05, 0) is 30.0 Å². The second-order valence-corrected chi connectivity index (χ2v) is 5.17. The second kappa shape index (κ2) is 4.37. The largest absolute Gasteiger partial charge is 0.396 e. The van der Waals surface area contributed by atoms with Gasteiger partial charge in [0.05, 0.1) is 13.2 Å². The number of hydrogen-bond acceptors (Lipinski definition) is 3. The van der Waals surface area contributed by atoms with Crippen molar-refractivity contribution in [3.05, 3.63) is 29.3 Å². The first kappa shape index (κ1) is 11.7.